The highest BCUT2D eigenvalue weighted by atomic mass is 32.2. The van der Waals surface area contributed by atoms with Crippen LogP contribution in [0.2, 0.25) is 0 Å². The Hall–Kier alpha value is -2.42. The molecule has 152 valence electrons. The van der Waals surface area contributed by atoms with Crippen molar-refractivity contribution < 1.29 is 14.0 Å². The van der Waals surface area contributed by atoms with Crippen molar-refractivity contribution >= 4 is 23.6 Å². The Kier molecular flexibility index (Phi) is 7.17. The third-order valence-corrected chi connectivity index (χ3v) is 4.87. The van der Waals surface area contributed by atoms with Crippen LogP contribution in [0.5, 0.6) is 0 Å². The zero-order chi connectivity index (χ0) is 20.9. The van der Waals surface area contributed by atoms with Gasteiger partial charge in [0.05, 0.1) is 17.4 Å². The molecule has 0 spiro atoms. The molecule has 2 N–H and O–H groups in total. The second-order valence-corrected chi connectivity index (χ2v) is 8.61. The van der Waals surface area contributed by atoms with E-state index in [0.29, 0.717) is 17.5 Å². The molecule has 2 rings (SSSR count). The van der Waals surface area contributed by atoms with E-state index in [0.717, 1.165) is 0 Å². The summed E-state index contributed by atoms with van der Waals surface area (Å²) in [6.07, 6.45) is 0. The number of thioether (sulfide) groups is 1. The fourth-order valence-electron chi connectivity index (χ4n) is 2.44. The Morgan fingerprint density at radius 3 is 2.54 bits per heavy atom. The lowest BCUT2D eigenvalue weighted by molar-refractivity contribution is -0.121. The van der Waals surface area contributed by atoms with Crippen molar-refractivity contribution in [3.8, 4) is 0 Å². The van der Waals surface area contributed by atoms with Gasteiger partial charge in [0.15, 0.2) is 11.0 Å². The average molecular weight is 408 g/mol. The summed E-state index contributed by atoms with van der Waals surface area (Å²) in [5.74, 6) is -0.640. The van der Waals surface area contributed by atoms with Crippen molar-refractivity contribution in [1.29, 1.82) is 0 Å². The van der Waals surface area contributed by atoms with Gasteiger partial charge in [-0.05, 0) is 46.8 Å². The van der Waals surface area contributed by atoms with Gasteiger partial charge in [-0.15, -0.1) is 10.2 Å². The molecule has 0 bridgehead atoms. The van der Waals surface area contributed by atoms with E-state index in [1.807, 2.05) is 32.3 Å². The summed E-state index contributed by atoms with van der Waals surface area (Å²) in [5, 5.41) is 14.1. The molecular weight excluding hydrogens is 381 g/mol. The monoisotopic (exact) mass is 407 g/mol. The summed E-state index contributed by atoms with van der Waals surface area (Å²) in [6, 6.07) is 5.79. The fourth-order valence-corrected chi connectivity index (χ4v) is 3.37. The number of aromatic nitrogens is 3. The molecule has 0 fully saturated rings. The van der Waals surface area contributed by atoms with E-state index in [4.69, 9.17) is 0 Å². The van der Waals surface area contributed by atoms with Crippen LogP contribution in [0.3, 0.4) is 0 Å². The maximum absolute atomic E-state index is 13.7. The molecule has 1 aromatic carbocycles. The normalized spacial score (nSPS) is 12.5. The highest BCUT2D eigenvalue weighted by Gasteiger charge is 2.23. The van der Waals surface area contributed by atoms with Crippen LogP contribution in [0, 0.1) is 5.82 Å². The summed E-state index contributed by atoms with van der Waals surface area (Å²) < 4.78 is 15.5. The standard InChI is InChI=1S/C19H26FN5O2S/c1-6-25-15(11-21-17(27)13-9-7-8-10-14(13)20)23-24-18(25)28-12(2)16(26)22-19(3,4)5/h7-10,12H,6,11H2,1-5H3,(H,21,27)(H,22,26)/t12-/m1/s1. The fraction of sp³-hybridized carbons (Fsp3) is 0.474. The quantitative estimate of drug-likeness (QED) is 0.689. The van der Waals surface area contributed by atoms with E-state index in [9.17, 15) is 14.0 Å². The number of carbonyl (C=O) groups is 2. The summed E-state index contributed by atoms with van der Waals surface area (Å²) >= 11 is 1.30. The van der Waals surface area contributed by atoms with E-state index in [-0.39, 0.29) is 28.8 Å². The summed E-state index contributed by atoms with van der Waals surface area (Å²) in [5.41, 5.74) is -0.334. The number of rotatable bonds is 7. The lowest BCUT2D eigenvalue weighted by Gasteiger charge is -2.22. The van der Waals surface area contributed by atoms with Gasteiger partial charge in [0, 0.05) is 12.1 Å². The van der Waals surface area contributed by atoms with Crippen LogP contribution in [0.4, 0.5) is 4.39 Å². The topological polar surface area (TPSA) is 88.9 Å². The van der Waals surface area contributed by atoms with Crippen molar-refractivity contribution in [3.05, 3.63) is 41.5 Å². The Morgan fingerprint density at radius 2 is 1.93 bits per heavy atom. The molecule has 9 heteroatoms. The van der Waals surface area contributed by atoms with Crippen molar-refractivity contribution in [2.75, 3.05) is 0 Å². The average Bonchev–Trinajstić information content (AvgIpc) is 3.00. The first-order chi connectivity index (χ1) is 13.1. The minimum Gasteiger partial charge on any atom is -0.351 e. The molecular formula is C19H26FN5O2S. The van der Waals surface area contributed by atoms with Gasteiger partial charge < -0.3 is 15.2 Å². The molecule has 28 heavy (non-hydrogen) atoms. The minimum absolute atomic E-state index is 0.0212. The molecule has 0 unspecified atom stereocenters. The summed E-state index contributed by atoms with van der Waals surface area (Å²) in [4.78, 5) is 24.5. The molecule has 0 aliphatic rings. The number of benzene rings is 1. The molecule has 1 atom stereocenters. The number of nitrogens with one attached hydrogen (secondary N) is 2. The molecule has 1 heterocycles. The zero-order valence-corrected chi connectivity index (χ0v) is 17.6. The molecule has 0 saturated heterocycles. The van der Waals surface area contributed by atoms with Gasteiger partial charge in [0.1, 0.15) is 5.82 Å². The van der Waals surface area contributed by atoms with Crippen molar-refractivity contribution in [2.45, 2.75) is 63.7 Å². The van der Waals surface area contributed by atoms with Gasteiger partial charge in [-0.25, -0.2) is 4.39 Å². The van der Waals surface area contributed by atoms with Crippen molar-refractivity contribution in [3.63, 3.8) is 0 Å². The summed E-state index contributed by atoms with van der Waals surface area (Å²) in [7, 11) is 0. The van der Waals surface area contributed by atoms with Gasteiger partial charge in [-0.1, -0.05) is 23.9 Å². The van der Waals surface area contributed by atoms with Crippen LogP contribution in [0.1, 0.15) is 50.8 Å². The molecule has 0 radical (unpaired) electrons. The first kappa shape index (κ1) is 21.9. The molecule has 0 aliphatic carbocycles. The zero-order valence-electron chi connectivity index (χ0n) is 16.7. The number of hydrogen-bond acceptors (Lipinski definition) is 5. The number of nitrogens with zero attached hydrogens (tertiary/aromatic N) is 3. The van der Waals surface area contributed by atoms with Gasteiger partial charge in [-0.2, -0.15) is 0 Å². The molecule has 0 saturated carbocycles. The third kappa shape index (κ3) is 5.79. The van der Waals surface area contributed by atoms with Crippen LogP contribution in [-0.2, 0) is 17.9 Å². The first-order valence-electron chi connectivity index (χ1n) is 9.06. The van der Waals surface area contributed by atoms with Gasteiger partial charge >= 0.3 is 0 Å². The van der Waals surface area contributed by atoms with Gasteiger partial charge in [0.2, 0.25) is 5.91 Å². The Morgan fingerprint density at radius 1 is 1.25 bits per heavy atom. The maximum Gasteiger partial charge on any atom is 0.254 e. The number of halogens is 1. The molecule has 2 amide bonds. The van der Waals surface area contributed by atoms with Crippen LogP contribution in [0.15, 0.2) is 29.4 Å². The van der Waals surface area contributed by atoms with Crippen molar-refractivity contribution in [2.24, 2.45) is 0 Å². The smallest absolute Gasteiger partial charge is 0.254 e. The second-order valence-electron chi connectivity index (χ2n) is 7.30. The minimum atomic E-state index is -0.577. The Labute approximate surface area is 168 Å². The molecule has 0 aliphatic heterocycles. The first-order valence-corrected chi connectivity index (χ1v) is 9.93. The van der Waals surface area contributed by atoms with Crippen LogP contribution in [-0.4, -0.2) is 37.4 Å². The SMILES string of the molecule is CCn1c(CNC(=O)c2ccccc2F)nnc1S[C@H](C)C(=O)NC(C)(C)C. The van der Waals surface area contributed by atoms with E-state index in [2.05, 4.69) is 20.8 Å². The molecule has 7 nitrogen and oxygen atoms in total. The van der Waals surface area contributed by atoms with E-state index in [1.54, 1.807) is 13.0 Å². The van der Waals surface area contributed by atoms with Gasteiger partial charge in [0.25, 0.3) is 5.91 Å². The number of amides is 2. The predicted octanol–water partition coefficient (Wildman–Crippen LogP) is 2.76. The number of hydrogen-bond donors (Lipinski definition) is 2. The second kappa shape index (κ2) is 9.18. The van der Waals surface area contributed by atoms with Crippen LogP contribution < -0.4 is 10.6 Å². The van der Waals surface area contributed by atoms with Gasteiger partial charge in [-0.3, -0.25) is 9.59 Å². The van der Waals surface area contributed by atoms with E-state index >= 15 is 0 Å². The largest absolute Gasteiger partial charge is 0.351 e. The lowest BCUT2D eigenvalue weighted by Crippen LogP contribution is -2.44. The van der Waals surface area contributed by atoms with Crippen molar-refractivity contribution in [1.82, 2.24) is 25.4 Å². The highest BCUT2D eigenvalue weighted by molar-refractivity contribution is 8.00. The van der Waals surface area contributed by atoms with E-state index in [1.165, 1.54) is 30.0 Å². The summed E-state index contributed by atoms with van der Waals surface area (Å²) in [6.45, 7) is 10.2. The molecule has 2 aromatic rings. The molecule has 1 aromatic heterocycles. The van der Waals surface area contributed by atoms with Crippen LogP contribution in [0.25, 0.3) is 0 Å². The highest BCUT2D eigenvalue weighted by Crippen LogP contribution is 2.23. The maximum atomic E-state index is 13.7. The van der Waals surface area contributed by atoms with Crippen LogP contribution >= 0.6 is 11.8 Å². The predicted molar refractivity (Wildman–Crippen MR) is 106 cm³/mol. The Balaban J connectivity index is 2.04. The third-order valence-electron chi connectivity index (χ3n) is 3.78. The number of carbonyl (C=O) groups excluding carboxylic acids is 2. The Bertz CT molecular complexity index is 847. The van der Waals surface area contributed by atoms with E-state index < -0.39 is 11.7 Å². The lowest BCUT2D eigenvalue weighted by atomic mass is 10.1.